The second kappa shape index (κ2) is 6.21. The fourth-order valence-corrected chi connectivity index (χ4v) is 4.39. The molecule has 0 saturated carbocycles. The first-order chi connectivity index (χ1) is 9.90. The molecule has 1 aliphatic rings. The number of methoxy groups -OCH3 is 1. The highest BCUT2D eigenvalue weighted by Gasteiger charge is 2.33. The van der Waals surface area contributed by atoms with Crippen molar-refractivity contribution in [2.45, 2.75) is 24.8 Å². The van der Waals surface area contributed by atoms with Gasteiger partial charge in [0.15, 0.2) is 0 Å². The fraction of sp³-hybridized carbons (Fsp3) is 0.571. The summed E-state index contributed by atoms with van der Waals surface area (Å²) in [4.78, 5) is 2.41. The Labute approximate surface area is 126 Å². The predicted molar refractivity (Wildman–Crippen MR) is 82.9 cm³/mol. The van der Waals surface area contributed by atoms with Crippen molar-refractivity contribution < 1.29 is 13.2 Å². The van der Waals surface area contributed by atoms with Gasteiger partial charge >= 0.3 is 0 Å². The van der Waals surface area contributed by atoms with Crippen LogP contribution >= 0.6 is 0 Å². The first-order valence-electron chi connectivity index (χ1n) is 7.07. The molecule has 1 fully saturated rings. The first-order valence-corrected chi connectivity index (χ1v) is 8.51. The van der Waals surface area contributed by atoms with Gasteiger partial charge in [-0.3, -0.25) is 4.90 Å². The zero-order chi connectivity index (χ0) is 15.6. The Bertz CT molecular complexity index is 603. The lowest BCUT2D eigenvalue weighted by Gasteiger charge is -2.38. The average molecular weight is 313 g/mol. The monoisotopic (exact) mass is 313 g/mol. The number of hydrogen-bond acceptors (Lipinski definition) is 5. The van der Waals surface area contributed by atoms with E-state index in [9.17, 15) is 8.42 Å². The Morgan fingerprint density at radius 2 is 2.10 bits per heavy atom. The number of hydrogen-bond donors (Lipinski definition) is 1. The number of sulfonamides is 1. The van der Waals surface area contributed by atoms with Crippen molar-refractivity contribution in [3.63, 3.8) is 0 Å². The van der Waals surface area contributed by atoms with Crippen LogP contribution < -0.4 is 10.5 Å². The second-order valence-electron chi connectivity index (χ2n) is 5.25. The molecule has 1 aromatic carbocycles. The van der Waals surface area contributed by atoms with E-state index in [-0.39, 0.29) is 10.9 Å². The van der Waals surface area contributed by atoms with E-state index < -0.39 is 10.0 Å². The van der Waals surface area contributed by atoms with Crippen LogP contribution in [0.1, 0.15) is 13.8 Å². The van der Waals surface area contributed by atoms with E-state index in [0.717, 1.165) is 13.1 Å². The molecule has 0 radical (unpaired) electrons. The molecule has 21 heavy (non-hydrogen) atoms. The summed E-state index contributed by atoms with van der Waals surface area (Å²) in [7, 11) is -2.13. The maximum Gasteiger partial charge on any atom is 0.246 e. The normalized spacial score (nSPS) is 21.4. The van der Waals surface area contributed by atoms with Crippen LogP contribution in [-0.4, -0.2) is 57.0 Å². The van der Waals surface area contributed by atoms with Crippen LogP contribution in [0.4, 0.5) is 5.69 Å². The fourth-order valence-electron chi connectivity index (χ4n) is 2.68. The molecule has 118 valence electrons. The Morgan fingerprint density at radius 1 is 1.38 bits per heavy atom. The smallest absolute Gasteiger partial charge is 0.246 e. The van der Waals surface area contributed by atoms with Gasteiger partial charge in [-0.1, -0.05) is 6.92 Å². The summed E-state index contributed by atoms with van der Waals surface area (Å²) in [6.45, 7) is 6.76. The van der Waals surface area contributed by atoms with Crippen LogP contribution in [0, 0.1) is 0 Å². The molecular weight excluding hydrogens is 290 g/mol. The summed E-state index contributed by atoms with van der Waals surface area (Å²) in [6.07, 6.45) is 0. The summed E-state index contributed by atoms with van der Waals surface area (Å²) < 4.78 is 32.4. The highest BCUT2D eigenvalue weighted by Crippen LogP contribution is 2.29. The molecule has 0 aliphatic carbocycles. The third-order valence-corrected chi connectivity index (χ3v) is 5.83. The molecule has 2 rings (SSSR count). The SMILES string of the molecule is CCN1CCN(S(=O)(=O)c2cc(N)ccc2OC)CC1C. The van der Waals surface area contributed by atoms with E-state index >= 15 is 0 Å². The van der Waals surface area contributed by atoms with Crippen molar-refractivity contribution in [2.24, 2.45) is 0 Å². The molecule has 0 aromatic heterocycles. The van der Waals surface area contributed by atoms with Gasteiger partial charge in [0.25, 0.3) is 0 Å². The quantitative estimate of drug-likeness (QED) is 0.839. The molecule has 0 amide bonds. The van der Waals surface area contributed by atoms with E-state index in [4.69, 9.17) is 10.5 Å². The summed E-state index contributed by atoms with van der Waals surface area (Å²) >= 11 is 0. The van der Waals surface area contributed by atoms with E-state index in [1.54, 1.807) is 12.1 Å². The van der Waals surface area contributed by atoms with Crippen molar-refractivity contribution in [1.29, 1.82) is 0 Å². The minimum Gasteiger partial charge on any atom is -0.495 e. The molecular formula is C14H23N3O3S. The number of anilines is 1. The Morgan fingerprint density at radius 3 is 2.67 bits per heavy atom. The summed E-state index contributed by atoms with van der Waals surface area (Å²) in [6, 6.07) is 4.89. The molecule has 0 spiro atoms. The van der Waals surface area contributed by atoms with Gasteiger partial charge in [0.1, 0.15) is 10.6 Å². The van der Waals surface area contributed by atoms with Gasteiger partial charge in [-0.15, -0.1) is 0 Å². The lowest BCUT2D eigenvalue weighted by Crippen LogP contribution is -2.53. The number of nitrogens with two attached hydrogens (primary N) is 1. The highest BCUT2D eigenvalue weighted by atomic mass is 32.2. The van der Waals surface area contributed by atoms with Gasteiger partial charge in [-0.05, 0) is 31.7 Å². The maximum absolute atomic E-state index is 12.8. The number of likely N-dealkylation sites (N-methyl/N-ethyl adjacent to an activating group) is 1. The molecule has 1 unspecified atom stereocenters. The van der Waals surface area contributed by atoms with E-state index in [1.165, 1.54) is 17.5 Å². The standard InChI is InChI=1S/C14H23N3O3S/c1-4-16-7-8-17(10-11(16)2)21(18,19)14-9-12(15)5-6-13(14)20-3/h5-6,9,11H,4,7-8,10,15H2,1-3H3. The van der Waals surface area contributed by atoms with Gasteiger partial charge < -0.3 is 10.5 Å². The number of nitrogen functional groups attached to an aromatic ring is 1. The van der Waals surface area contributed by atoms with Crippen LogP contribution in [0.25, 0.3) is 0 Å². The molecule has 1 saturated heterocycles. The van der Waals surface area contributed by atoms with Crippen molar-refractivity contribution in [3.05, 3.63) is 18.2 Å². The molecule has 1 atom stereocenters. The van der Waals surface area contributed by atoms with Crippen LogP contribution in [0.15, 0.2) is 23.1 Å². The predicted octanol–water partition coefficient (Wildman–Crippen LogP) is 0.992. The number of rotatable bonds is 4. The van der Waals surface area contributed by atoms with Crippen molar-refractivity contribution >= 4 is 15.7 Å². The molecule has 0 bridgehead atoms. The van der Waals surface area contributed by atoms with Gasteiger partial charge in [-0.25, -0.2) is 8.42 Å². The molecule has 1 aliphatic heterocycles. The van der Waals surface area contributed by atoms with E-state index in [0.29, 0.717) is 24.5 Å². The van der Waals surface area contributed by atoms with Crippen molar-refractivity contribution in [2.75, 3.05) is 39.0 Å². The lowest BCUT2D eigenvalue weighted by atomic mass is 10.2. The zero-order valence-electron chi connectivity index (χ0n) is 12.7. The van der Waals surface area contributed by atoms with E-state index in [1.807, 2.05) is 6.92 Å². The lowest BCUT2D eigenvalue weighted by molar-refractivity contribution is 0.135. The van der Waals surface area contributed by atoms with E-state index in [2.05, 4.69) is 11.8 Å². The minimum absolute atomic E-state index is 0.141. The zero-order valence-corrected chi connectivity index (χ0v) is 13.6. The van der Waals surface area contributed by atoms with Crippen LogP contribution in [0.3, 0.4) is 0 Å². The first kappa shape index (κ1) is 16.1. The van der Waals surface area contributed by atoms with Crippen LogP contribution in [0.2, 0.25) is 0 Å². The summed E-state index contributed by atoms with van der Waals surface area (Å²) in [5, 5.41) is 0. The number of ether oxygens (including phenoxy) is 1. The number of nitrogens with zero attached hydrogens (tertiary/aromatic N) is 2. The second-order valence-corrected chi connectivity index (χ2v) is 7.16. The molecule has 2 N–H and O–H groups in total. The Balaban J connectivity index is 2.33. The third kappa shape index (κ3) is 3.14. The van der Waals surface area contributed by atoms with Crippen LogP contribution in [-0.2, 0) is 10.0 Å². The third-order valence-electron chi connectivity index (χ3n) is 3.94. The Kier molecular flexibility index (Phi) is 4.75. The summed E-state index contributed by atoms with van der Waals surface area (Å²) in [5.41, 5.74) is 6.14. The van der Waals surface area contributed by atoms with Crippen LogP contribution in [0.5, 0.6) is 5.75 Å². The maximum atomic E-state index is 12.8. The Hall–Kier alpha value is -1.31. The van der Waals surface area contributed by atoms with Crippen molar-refractivity contribution in [1.82, 2.24) is 9.21 Å². The molecule has 1 aromatic rings. The molecule has 7 heteroatoms. The number of benzene rings is 1. The molecule has 6 nitrogen and oxygen atoms in total. The number of piperazine rings is 1. The minimum atomic E-state index is -3.59. The average Bonchev–Trinajstić information content (AvgIpc) is 2.47. The largest absolute Gasteiger partial charge is 0.495 e. The molecule has 1 heterocycles. The van der Waals surface area contributed by atoms with Gasteiger partial charge in [0.05, 0.1) is 7.11 Å². The van der Waals surface area contributed by atoms with Crippen molar-refractivity contribution in [3.8, 4) is 5.75 Å². The highest BCUT2D eigenvalue weighted by molar-refractivity contribution is 7.89. The topological polar surface area (TPSA) is 75.9 Å². The van der Waals surface area contributed by atoms with Gasteiger partial charge in [0.2, 0.25) is 10.0 Å². The summed E-state index contributed by atoms with van der Waals surface area (Å²) in [5.74, 6) is 0.328. The van der Waals surface area contributed by atoms with Gasteiger partial charge in [0, 0.05) is 31.4 Å². The van der Waals surface area contributed by atoms with Gasteiger partial charge in [-0.2, -0.15) is 4.31 Å².